The zero-order chi connectivity index (χ0) is 12.6. The van der Waals surface area contributed by atoms with Crippen molar-refractivity contribution in [2.45, 2.75) is 40.0 Å². The molecule has 4 heteroatoms. The molecule has 0 N–H and O–H groups in total. The summed E-state index contributed by atoms with van der Waals surface area (Å²) in [5.74, 6) is 1.35. The molecule has 0 radical (unpaired) electrons. The zero-order valence-electron chi connectivity index (χ0n) is 11.0. The predicted octanol–water partition coefficient (Wildman–Crippen LogP) is 2.35. The van der Waals surface area contributed by atoms with Gasteiger partial charge in [0.1, 0.15) is 11.6 Å². The Bertz CT molecular complexity index is 271. The standard InChI is InChI=1S/C12H23N3O/c1-6-7-12(16)8-10(2)9-14-15(5)11(3)13-4/h9-10H,6-8H2,1-5H3/b13-11+,14-9-. The molecule has 16 heavy (non-hydrogen) atoms. The fraction of sp³-hybridized carbons (Fsp3) is 0.750. The molecule has 0 aliphatic carbocycles. The van der Waals surface area contributed by atoms with Crippen LogP contribution in [0.15, 0.2) is 10.1 Å². The molecule has 0 saturated heterocycles. The maximum absolute atomic E-state index is 11.4. The van der Waals surface area contributed by atoms with E-state index >= 15 is 0 Å². The quantitative estimate of drug-likeness (QED) is 0.396. The van der Waals surface area contributed by atoms with E-state index < -0.39 is 0 Å². The molecule has 1 unspecified atom stereocenters. The minimum atomic E-state index is 0.186. The molecule has 0 aromatic rings. The van der Waals surface area contributed by atoms with Crippen LogP contribution < -0.4 is 0 Å². The molecule has 1 atom stereocenters. The van der Waals surface area contributed by atoms with Gasteiger partial charge >= 0.3 is 0 Å². The molecule has 0 aromatic heterocycles. The van der Waals surface area contributed by atoms with E-state index in [0.29, 0.717) is 18.6 Å². The molecule has 0 aliphatic rings. The number of hydrazone groups is 1. The van der Waals surface area contributed by atoms with Crippen LogP contribution in [0.1, 0.15) is 40.0 Å². The van der Waals surface area contributed by atoms with Crippen molar-refractivity contribution < 1.29 is 4.79 Å². The molecule has 0 spiro atoms. The van der Waals surface area contributed by atoms with E-state index in [1.54, 1.807) is 12.1 Å². The van der Waals surface area contributed by atoms with Gasteiger partial charge in [-0.25, -0.2) is 0 Å². The van der Waals surface area contributed by atoms with Crippen molar-refractivity contribution in [1.29, 1.82) is 0 Å². The molecule has 0 amide bonds. The van der Waals surface area contributed by atoms with E-state index in [9.17, 15) is 4.79 Å². The van der Waals surface area contributed by atoms with Gasteiger partial charge in [0.15, 0.2) is 0 Å². The highest BCUT2D eigenvalue weighted by Crippen LogP contribution is 2.04. The molecule has 0 heterocycles. The van der Waals surface area contributed by atoms with Gasteiger partial charge in [0.25, 0.3) is 0 Å². The van der Waals surface area contributed by atoms with Gasteiger partial charge in [-0.3, -0.25) is 14.8 Å². The molecule has 0 aromatic carbocycles. The first-order valence-electron chi connectivity index (χ1n) is 5.74. The van der Waals surface area contributed by atoms with Crippen molar-refractivity contribution >= 4 is 17.8 Å². The van der Waals surface area contributed by atoms with E-state index in [-0.39, 0.29) is 5.92 Å². The van der Waals surface area contributed by atoms with Gasteiger partial charge < -0.3 is 0 Å². The second-order valence-corrected chi connectivity index (χ2v) is 4.03. The molecule has 0 saturated carbocycles. The average Bonchev–Trinajstić information content (AvgIpc) is 2.24. The third-order valence-electron chi connectivity index (χ3n) is 2.36. The Hall–Kier alpha value is -1.19. The van der Waals surface area contributed by atoms with Crippen LogP contribution in [-0.2, 0) is 4.79 Å². The van der Waals surface area contributed by atoms with Gasteiger partial charge in [0, 0.05) is 39.1 Å². The summed E-state index contributed by atoms with van der Waals surface area (Å²) in [6, 6.07) is 0. The first kappa shape index (κ1) is 14.8. The van der Waals surface area contributed by atoms with E-state index in [0.717, 1.165) is 12.3 Å². The van der Waals surface area contributed by atoms with Gasteiger partial charge in [-0.15, -0.1) is 0 Å². The normalized spacial score (nSPS) is 14.2. The second kappa shape index (κ2) is 8.02. The number of rotatable bonds is 6. The van der Waals surface area contributed by atoms with Crippen LogP contribution >= 0.6 is 0 Å². The third kappa shape index (κ3) is 6.32. The summed E-state index contributed by atoms with van der Waals surface area (Å²) in [6.07, 6.45) is 3.98. The summed E-state index contributed by atoms with van der Waals surface area (Å²) >= 11 is 0. The first-order valence-corrected chi connectivity index (χ1v) is 5.74. The fourth-order valence-corrected chi connectivity index (χ4v) is 1.23. The van der Waals surface area contributed by atoms with E-state index in [4.69, 9.17) is 0 Å². The zero-order valence-corrected chi connectivity index (χ0v) is 11.0. The maximum Gasteiger partial charge on any atom is 0.133 e. The summed E-state index contributed by atoms with van der Waals surface area (Å²) in [5, 5.41) is 5.94. The molecule has 0 fully saturated rings. The van der Waals surface area contributed by atoms with E-state index in [1.165, 1.54) is 0 Å². The molecule has 0 rings (SSSR count). The Morgan fingerprint density at radius 3 is 2.62 bits per heavy atom. The van der Waals surface area contributed by atoms with Crippen LogP contribution in [0.3, 0.4) is 0 Å². The Morgan fingerprint density at radius 2 is 2.12 bits per heavy atom. The minimum absolute atomic E-state index is 0.186. The van der Waals surface area contributed by atoms with E-state index in [1.807, 2.05) is 34.0 Å². The van der Waals surface area contributed by atoms with Gasteiger partial charge in [-0.1, -0.05) is 13.8 Å². The summed E-state index contributed by atoms with van der Waals surface area (Å²) < 4.78 is 0. The molecule has 0 bridgehead atoms. The Balaban J connectivity index is 4.08. The van der Waals surface area contributed by atoms with Crippen LogP contribution in [0, 0.1) is 5.92 Å². The smallest absolute Gasteiger partial charge is 0.133 e. The number of hydrogen-bond donors (Lipinski definition) is 0. The highest BCUT2D eigenvalue weighted by Gasteiger charge is 2.06. The number of aliphatic imine (C=N–C) groups is 1. The van der Waals surface area contributed by atoms with E-state index in [2.05, 4.69) is 10.1 Å². The fourth-order valence-electron chi connectivity index (χ4n) is 1.23. The lowest BCUT2D eigenvalue weighted by molar-refractivity contribution is -0.119. The van der Waals surface area contributed by atoms with Gasteiger partial charge in [0.05, 0.1) is 0 Å². The minimum Gasteiger partial charge on any atom is -0.300 e. The van der Waals surface area contributed by atoms with Gasteiger partial charge in [-0.05, 0) is 13.3 Å². The van der Waals surface area contributed by atoms with Crippen LogP contribution in [0.25, 0.3) is 0 Å². The maximum atomic E-state index is 11.4. The third-order valence-corrected chi connectivity index (χ3v) is 2.36. The number of carbonyl (C=O) groups is 1. The van der Waals surface area contributed by atoms with Crippen molar-refractivity contribution in [3.05, 3.63) is 0 Å². The molecule has 92 valence electrons. The number of carbonyl (C=O) groups excluding carboxylic acids is 1. The summed E-state index contributed by atoms with van der Waals surface area (Å²) in [5.41, 5.74) is 0. The Labute approximate surface area is 98.4 Å². The average molecular weight is 225 g/mol. The highest BCUT2D eigenvalue weighted by molar-refractivity contribution is 5.82. The summed E-state index contributed by atoms with van der Waals surface area (Å²) in [7, 11) is 3.58. The lowest BCUT2D eigenvalue weighted by atomic mass is 10.0. The highest BCUT2D eigenvalue weighted by atomic mass is 16.1. The Morgan fingerprint density at radius 1 is 1.50 bits per heavy atom. The Kier molecular flexibility index (Phi) is 7.42. The van der Waals surface area contributed by atoms with Crippen molar-refractivity contribution in [3.8, 4) is 0 Å². The number of hydrogen-bond acceptors (Lipinski definition) is 3. The van der Waals surface area contributed by atoms with Crippen LogP contribution in [0.5, 0.6) is 0 Å². The monoisotopic (exact) mass is 225 g/mol. The molecular formula is C12H23N3O. The summed E-state index contributed by atoms with van der Waals surface area (Å²) in [4.78, 5) is 15.4. The topological polar surface area (TPSA) is 45.0 Å². The van der Waals surface area contributed by atoms with Crippen molar-refractivity contribution in [2.75, 3.05) is 14.1 Å². The van der Waals surface area contributed by atoms with Crippen molar-refractivity contribution in [1.82, 2.24) is 5.01 Å². The van der Waals surface area contributed by atoms with Gasteiger partial charge in [-0.2, -0.15) is 5.10 Å². The predicted molar refractivity (Wildman–Crippen MR) is 69.0 cm³/mol. The summed E-state index contributed by atoms with van der Waals surface area (Å²) in [6.45, 7) is 5.92. The molecule has 4 nitrogen and oxygen atoms in total. The van der Waals surface area contributed by atoms with Crippen LogP contribution in [-0.4, -0.2) is 36.9 Å². The van der Waals surface area contributed by atoms with Gasteiger partial charge in [0.2, 0.25) is 0 Å². The SMILES string of the molecule is CCCC(=O)CC(C)/C=N\N(C)/C(C)=N/C. The van der Waals surface area contributed by atoms with Crippen LogP contribution in [0.4, 0.5) is 0 Å². The van der Waals surface area contributed by atoms with Crippen molar-refractivity contribution in [3.63, 3.8) is 0 Å². The first-order chi connectivity index (χ1) is 7.51. The van der Waals surface area contributed by atoms with Crippen LogP contribution in [0.2, 0.25) is 0 Å². The largest absolute Gasteiger partial charge is 0.300 e. The number of ketones is 1. The number of nitrogens with zero attached hydrogens (tertiary/aromatic N) is 3. The lowest BCUT2D eigenvalue weighted by Gasteiger charge is -2.12. The molecule has 0 aliphatic heterocycles. The van der Waals surface area contributed by atoms with Crippen molar-refractivity contribution in [2.24, 2.45) is 16.0 Å². The second-order valence-electron chi connectivity index (χ2n) is 4.03. The molecular weight excluding hydrogens is 202 g/mol. The number of amidine groups is 1. The lowest BCUT2D eigenvalue weighted by Crippen LogP contribution is -2.19. The number of Topliss-reactive ketones (excluding diaryl/α,β-unsaturated/α-hetero) is 1.